The Hall–Kier alpha value is -1.53. The molecule has 0 bridgehead atoms. The normalized spacial score (nSPS) is 12.0. The van der Waals surface area contributed by atoms with Crippen molar-refractivity contribution < 1.29 is 9.53 Å². The van der Waals surface area contributed by atoms with Crippen molar-refractivity contribution in [1.29, 1.82) is 0 Å². The van der Waals surface area contributed by atoms with Crippen LogP contribution in [-0.4, -0.2) is 22.8 Å². The molecule has 1 aromatic carbocycles. The van der Waals surface area contributed by atoms with E-state index in [9.17, 15) is 4.79 Å². The van der Waals surface area contributed by atoms with E-state index in [1.165, 1.54) is 0 Å². The van der Waals surface area contributed by atoms with Crippen molar-refractivity contribution in [3.05, 3.63) is 40.1 Å². The van der Waals surface area contributed by atoms with E-state index in [2.05, 4.69) is 26.3 Å². The highest BCUT2D eigenvalue weighted by atomic mass is 79.9. The molecule has 0 aliphatic rings. The standard InChI is InChI=1S/C14H15BrClN3O2/c1-9(7-19-8-10(15)6-17-19)14(20)18-11-3-4-13(21-2)12(16)5-11/h3-6,8-9H,7H2,1-2H3,(H,18,20). The molecule has 0 aliphatic heterocycles. The number of benzene rings is 1. The van der Waals surface area contributed by atoms with Gasteiger partial charge < -0.3 is 10.1 Å². The van der Waals surface area contributed by atoms with E-state index in [-0.39, 0.29) is 11.8 Å². The summed E-state index contributed by atoms with van der Waals surface area (Å²) in [5.41, 5.74) is 0.638. The van der Waals surface area contributed by atoms with Gasteiger partial charge in [-0.1, -0.05) is 18.5 Å². The van der Waals surface area contributed by atoms with Crippen LogP contribution >= 0.6 is 27.5 Å². The Kier molecular flexibility index (Phi) is 5.25. The highest BCUT2D eigenvalue weighted by Crippen LogP contribution is 2.27. The van der Waals surface area contributed by atoms with Crippen LogP contribution in [0.25, 0.3) is 0 Å². The number of anilines is 1. The summed E-state index contributed by atoms with van der Waals surface area (Å²) in [5.74, 6) is 0.254. The van der Waals surface area contributed by atoms with Gasteiger partial charge in [0.05, 0.1) is 35.3 Å². The molecule has 2 rings (SSSR count). The molecule has 2 aromatic rings. The van der Waals surface area contributed by atoms with Gasteiger partial charge in [-0.25, -0.2) is 0 Å². The van der Waals surface area contributed by atoms with E-state index in [1.54, 1.807) is 36.2 Å². The molecule has 1 atom stereocenters. The second-order valence-electron chi connectivity index (χ2n) is 4.62. The zero-order valence-electron chi connectivity index (χ0n) is 11.6. The largest absolute Gasteiger partial charge is 0.495 e. The van der Waals surface area contributed by atoms with E-state index >= 15 is 0 Å². The van der Waals surface area contributed by atoms with Gasteiger partial charge >= 0.3 is 0 Å². The predicted molar refractivity (Wildman–Crippen MR) is 85.7 cm³/mol. The number of hydrogen-bond donors (Lipinski definition) is 1. The molecule has 5 nitrogen and oxygen atoms in total. The number of methoxy groups -OCH3 is 1. The van der Waals surface area contributed by atoms with Crippen molar-refractivity contribution >= 4 is 39.1 Å². The average Bonchev–Trinajstić information content (AvgIpc) is 2.84. The second-order valence-corrected chi connectivity index (χ2v) is 5.94. The molecule has 1 amide bonds. The molecule has 1 unspecified atom stereocenters. The minimum Gasteiger partial charge on any atom is -0.495 e. The summed E-state index contributed by atoms with van der Waals surface area (Å²) in [6.07, 6.45) is 3.52. The van der Waals surface area contributed by atoms with E-state index in [1.807, 2.05) is 13.1 Å². The second kappa shape index (κ2) is 6.95. The number of halogens is 2. The number of carbonyl (C=O) groups is 1. The van der Waals surface area contributed by atoms with Crippen LogP contribution in [-0.2, 0) is 11.3 Å². The molecule has 0 fully saturated rings. The maximum atomic E-state index is 12.2. The number of rotatable bonds is 5. The van der Waals surface area contributed by atoms with Gasteiger partial charge in [-0.2, -0.15) is 5.10 Å². The van der Waals surface area contributed by atoms with Crippen LogP contribution in [0.2, 0.25) is 5.02 Å². The van der Waals surface area contributed by atoms with Crippen LogP contribution in [0.3, 0.4) is 0 Å². The minimum absolute atomic E-state index is 0.0946. The molecule has 1 heterocycles. The molecule has 0 spiro atoms. The monoisotopic (exact) mass is 371 g/mol. The third-order valence-corrected chi connectivity index (χ3v) is 3.63. The fourth-order valence-corrected chi connectivity index (χ4v) is 2.40. The smallest absolute Gasteiger partial charge is 0.229 e. The van der Waals surface area contributed by atoms with Gasteiger partial charge in [0.25, 0.3) is 0 Å². The third kappa shape index (κ3) is 4.22. The number of hydrogen-bond acceptors (Lipinski definition) is 3. The molecule has 7 heteroatoms. The zero-order valence-corrected chi connectivity index (χ0v) is 14.0. The lowest BCUT2D eigenvalue weighted by Crippen LogP contribution is -2.24. The van der Waals surface area contributed by atoms with Crippen molar-refractivity contribution in [2.45, 2.75) is 13.5 Å². The molecule has 112 valence electrons. The lowest BCUT2D eigenvalue weighted by Gasteiger charge is -2.13. The molecule has 0 saturated heterocycles. The molecule has 1 aromatic heterocycles. The van der Waals surface area contributed by atoms with E-state index in [0.717, 1.165) is 4.47 Å². The number of ether oxygens (including phenoxy) is 1. The third-order valence-electron chi connectivity index (χ3n) is 2.93. The van der Waals surface area contributed by atoms with Crippen LogP contribution in [0.4, 0.5) is 5.69 Å². The van der Waals surface area contributed by atoms with Crippen LogP contribution in [0.1, 0.15) is 6.92 Å². The van der Waals surface area contributed by atoms with Gasteiger partial charge in [0.1, 0.15) is 5.75 Å². The molecular formula is C14H15BrClN3O2. The van der Waals surface area contributed by atoms with Gasteiger partial charge in [0, 0.05) is 11.9 Å². The topological polar surface area (TPSA) is 56.1 Å². The molecule has 21 heavy (non-hydrogen) atoms. The number of nitrogens with zero attached hydrogens (tertiary/aromatic N) is 2. The van der Waals surface area contributed by atoms with Crippen LogP contribution in [0.15, 0.2) is 35.1 Å². The quantitative estimate of drug-likeness (QED) is 0.873. The fourth-order valence-electron chi connectivity index (χ4n) is 1.81. The maximum absolute atomic E-state index is 12.2. The minimum atomic E-state index is -0.224. The number of aromatic nitrogens is 2. The van der Waals surface area contributed by atoms with Crippen LogP contribution in [0.5, 0.6) is 5.75 Å². The lowest BCUT2D eigenvalue weighted by atomic mass is 10.1. The summed E-state index contributed by atoms with van der Waals surface area (Å²) in [6.45, 7) is 2.34. The molecular weight excluding hydrogens is 358 g/mol. The van der Waals surface area contributed by atoms with Gasteiger partial charge in [-0.05, 0) is 34.1 Å². The Morgan fingerprint density at radius 2 is 2.33 bits per heavy atom. The molecule has 1 N–H and O–H groups in total. The summed E-state index contributed by atoms with van der Waals surface area (Å²) in [5, 5.41) is 7.42. The Morgan fingerprint density at radius 1 is 1.57 bits per heavy atom. The highest BCUT2D eigenvalue weighted by molar-refractivity contribution is 9.10. The van der Waals surface area contributed by atoms with Crippen molar-refractivity contribution in [3.63, 3.8) is 0 Å². The van der Waals surface area contributed by atoms with Crippen molar-refractivity contribution in [3.8, 4) is 5.75 Å². The first-order valence-corrected chi connectivity index (χ1v) is 7.49. The summed E-state index contributed by atoms with van der Waals surface area (Å²) in [4.78, 5) is 12.2. The maximum Gasteiger partial charge on any atom is 0.229 e. The first-order valence-electron chi connectivity index (χ1n) is 6.32. The SMILES string of the molecule is COc1ccc(NC(=O)C(C)Cn2cc(Br)cn2)cc1Cl. The Labute approximate surface area is 136 Å². The summed E-state index contributed by atoms with van der Waals surface area (Å²) >= 11 is 9.35. The van der Waals surface area contributed by atoms with Crippen LogP contribution < -0.4 is 10.1 Å². The molecule has 0 aliphatic carbocycles. The number of nitrogens with one attached hydrogen (secondary N) is 1. The van der Waals surface area contributed by atoms with Crippen LogP contribution in [0, 0.1) is 5.92 Å². The Bertz CT molecular complexity index is 645. The van der Waals surface area contributed by atoms with E-state index in [0.29, 0.717) is 23.0 Å². The van der Waals surface area contributed by atoms with Crippen molar-refractivity contribution in [2.24, 2.45) is 5.92 Å². The number of carbonyl (C=O) groups excluding carboxylic acids is 1. The number of amides is 1. The highest BCUT2D eigenvalue weighted by Gasteiger charge is 2.15. The first kappa shape index (κ1) is 15.9. The average molecular weight is 373 g/mol. The van der Waals surface area contributed by atoms with Gasteiger partial charge in [0.2, 0.25) is 5.91 Å². The van der Waals surface area contributed by atoms with Gasteiger partial charge in [0.15, 0.2) is 0 Å². The van der Waals surface area contributed by atoms with Gasteiger partial charge in [-0.15, -0.1) is 0 Å². The van der Waals surface area contributed by atoms with Gasteiger partial charge in [-0.3, -0.25) is 9.48 Å². The van der Waals surface area contributed by atoms with Crippen molar-refractivity contribution in [2.75, 3.05) is 12.4 Å². The fraction of sp³-hybridized carbons (Fsp3) is 0.286. The Balaban J connectivity index is 1.98. The predicted octanol–water partition coefficient (Wildman–Crippen LogP) is 3.58. The summed E-state index contributed by atoms with van der Waals surface area (Å²) in [6, 6.07) is 5.13. The molecule has 0 radical (unpaired) electrons. The Morgan fingerprint density at radius 3 is 2.90 bits per heavy atom. The summed E-state index contributed by atoms with van der Waals surface area (Å²) < 4.78 is 7.68. The summed E-state index contributed by atoms with van der Waals surface area (Å²) in [7, 11) is 1.55. The van der Waals surface area contributed by atoms with E-state index in [4.69, 9.17) is 16.3 Å². The first-order chi connectivity index (χ1) is 9.99. The van der Waals surface area contributed by atoms with Crippen molar-refractivity contribution in [1.82, 2.24) is 9.78 Å². The molecule has 0 saturated carbocycles. The van der Waals surface area contributed by atoms with E-state index < -0.39 is 0 Å². The zero-order chi connectivity index (χ0) is 15.4. The lowest BCUT2D eigenvalue weighted by molar-refractivity contribution is -0.119.